The van der Waals surface area contributed by atoms with Gasteiger partial charge in [-0.1, -0.05) is 12.1 Å². The lowest BCUT2D eigenvalue weighted by Crippen LogP contribution is -2.03. The molecule has 4 heteroatoms. The summed E-state index contributed by atoms with van der Waals surface area (Å²) >= 11 is 0. The van der Waals surface area contributed by atoms with E-state index in [1.54, 1.807) is 19.6 Å². The smallest absolute Gasteiger partial charge is 0.354 e. The molecule has 61 valence electrons. The van der Waals surface area contributed by atoms with Gasteiger partial charge in [0, 0.05) is 5.82 Å². The van der Waals surface area contributed by atoms with Gasteiger partial charge in [-0.15, -0.1) is 0 Å². The average Bonchev–Trinajstić information content (AvgIpc) is 2.58. The Labute approximate surface area is 71.1 Å². The molecule has 2 rings (SSSR count). The molecule has 0 amide bonds. The molecular formula is C8H8BO3. The number of hydrogen-bond acceptors (Lipinski definition) is 3. The first-order valence-corrected chi connectivity index (χ1v) is 3.77. The molecule has 0 bridgehead atoms. The minimum absolute atomic E-state index is 0.186. The Morgan fingerprint density at radius 3 is 2.67 bits per heavy atom. The van der Waals surface area contributed by atoms with Gasteiger partial charge in [-0.3, -0.25) is 4.89 Å². The summed E-state index contributed by atoms with van der Waals surface area (Å²) in [6, 6.07) is 7.02. The number of phenols is 1. The summed E-state index contributed by atoms with van der Waals surface area (Å²) < 4.78 is 0. The van der Waals surface area contributed by atoms with Crippen LogP contribution in [-0.4, -0.2) is 19.2 Å². The first kappa shape index (κ1) is 7.64. The molecule has 3 nitrogen and oxygen atoms in total. The Morgan fingerprint density at radius 2 is 2.08 bits per heavy atom. The van der Waals surface area contributed by atoms with E-state index >= 15 is 0 Å². The van der Waals surface area contributed by atoms with E-state index in [-0.39, 0.29) is 11.6 Å². The Bertz CT molecular complexity index is 254. The van der Waals surface area contributed by atoms with Crippen LogP contribution in [0.1, 0.15) is 11.4 Å². The zero-order chi connectivity index (χ0) is 8.39. The predicted octanol–water partition coefficient (Wildman–Crippen LogP) is 1.01. The van der Waals surface area contributed by atoms with Crippen LogP contribution in [0.5, 0.6) is 5.75 Å². The van der Waals surface area contributed by atoms with Crippen molar-refractivity contribution in [2.75, 3.05) is 6.61 Å². The van der Waals surface area contributed by atoms with Gasteiger partial charge in [0.2, 0.25) is 0 Å². The molecule has 1 aliphatic rings. The Balaban J connectivity index is 2.17. The third-order valence-electron chi connectivity index (χ3n) is 1.86. The van der Waals surface area contributed by atoms with Crippen LogP contribution in [0.25, 0.3) is 0 Å². The van der Waals surface area contributed by atoms with Crippen molar-refractivity contribution in [1.29, 1.82) is 0 Å². The topological polar surface area (TPSA) is 38.7 Å². The van der Waals surface area contributed by atoms with Crippen molar-refractivity contribution in [3.63, 3.8) is 0 Å². The van der Waals surface area contributed by atoms with Gasteiger partial charge in [0.25, 0.3) is 0 Å². The van der Waals surface area contributed by atoms with E-state index < -0.39 is 0 Å². The maximum absolute atomic E-state index is 9.03. The molecular weight excluding hydrogens is 155 g/mol. The summed E-state index contributed by atoms with van der Waals surface area (Å²) in [5.41, 5.74) is 1.09. The fraction of sp³-hybridized carbons (Fsp3) is 0.250. The molecule has 12 heavy (non-hydrogen) atoms. The Morgan fingerprint density at radius 1 is 1.33 bits per heavy atom. The minimum Gasteiger partial charge on any atom is -0.508 e. The molecule has 1 heterocycles. The summed E-state index contributed by atoms with van der Waals surface area (Å²) in [6.07, 6.45) is 0. The average molecular weight is 163 g/mol. The molecule has 0 aromatic heterocycles. The van der Waals surface area contributed by atoms with Crippen molar-refractivity contribution in [1.82, 2.24) is 0 Å². The first-order valence-electron chi connectivity index (χ1n) is 3.77. The standard InChI is InChI=1S/C8H8BO3/c10-7-3-1-6(2-4-7)8-5-11-12-9-8/h1-4,8,10H,5H2. The third kappa shape index (κ3) is 1.44. The largest absolute Gasteiger partial charge is 0.508 e. The zero-order valence-electron chi connectivity index (χ0n) is 6.43. The first-order chi connectivity index (χ1) is 5.86. The molecule has 1 fully saturated rings. The van der Waals surface area contributed by atoms with Crippen LogP contribution in [-0.2, 0) is 9.69 Å². The summed E-state index contributed by atoms with van der Waals surface area (Å²) in [4.78, 5) is 9.38. The fourth-order valence-electron chi connectivity index (χ4n) is 1.15. The van der Waals surface area contributed by atoms with Gasteiger partial charge < -0.3 is 9.91 Å². The Hall–Kier alpha value is -0.995. The highest BCUT2D eigenvalue weighted by Gasteiger charge is 2.21. The molecule has 1 radical (unpaired) electrons. The minimum atomic E-state index is 0.186. The van der Waals surface area contributed by atoms with E-state index in [1.807, 2.05) is 12.1 Å². The second-order valence-electron chi connectivity index (χ2n) is 2.71. The van der Waals surface area contributed by atoms with Crippen LogP contribution < -0.4 is 0 Å². The number of aromatic hydroxyl groups is 1. The monoisotopic (exact) mass is 163 g/mol. The summed E-state index contributed by atoms with van der Waals surface area (Å²) in [5.74, 6) is 0.462. The highest BCUT2D eigenvalue weighted by Crippen LogP contribution is 2.21. The molecule has 1 saturated heterocycles. The van der Waals surface area contributed by atoms with Crippen molar-refractivity contribution >= 4 is 7.48 Å². The molecule has 1 aromatic carbocycles. The van der Waals surface area contributed by atoms with Crippen molar-refractivity contribution < 1.29 is 14.8 Å². The van der Waals surface area contributed by atoms with E-state index in [0.29, 0.717) is 6.61 Å². The molecule has 1 aromatic rings. The van der Waals surface area contributed by atoms with Crippen LogP contribution in [0, 0.1) is 0 Å². The van der Waals surface area contributed by atoms with Gasteiger partial charge in [-0.25, -0.2) is 0 Å². The van der Waals surface area contributed by atoms with Crippen LogP contribution in [0.3, 0.4) is 0 Å². The van der Waals surface area contributed by atoms with Gasteiger partial charge in [0.1, 0.15) is 5.75 Å². The molecule has 1 N–H and O–H groups in total. The van der Waals surface area contributed by atoms with Crippen LogP contribution in [0.4, 0.5) is 0 Å². The quantitative estimate of drug-likeness (QED) is 0.496. The van der Waals surface area contributed by atoms with E-state index in [0.717, 1.165) is 5.56 Å². The van der Waals surface area contributed by atoms with Crippen LogP contribution in [0.15, 0.2) is 24.3 Å². The van der Waals surface area contributed by atoms with Gasteiger partial charge in [-0.05, 0) is 17.7 Å². The highest BCUT2D eigenvalue weighted by atomic mass is 17.2. The molecule has 0 spiro atoms. The normalized spacial score (nSPS) is 22.2. The molecule has 1 aliphatic heterocycles. The second kappa shape index (κ2) is 3.17. The van der Waals surface area contributed by atoms with Gasteiger partial charge in [-0.2, -0.15) is 0 Å². The van der Waals surface area contributed by atoms with Crippen molar-refractivity contribution in [2.24, 2.45) is 0 Å². The van der Waals surface area contributed by atoms with Crippen LogP contribution >= 0.6 is 0 Å². The highest BCUT2D eigenvalue weighted by molar-refractivity contribution is 6.30. The van der Waals surface area contributed by atoms with Gasteiger partial charge in [0.15, 0.2) is 0 Å². The van der Waals surface area contributed by atoms with Crippen molar-refractivity contribution in [3.8, 4) is 5.75 Å². The Kier molecular flexibility index (Phi) is 2.02. The summed E-state index contributed by atoms with van der Waals surface area (Å²) in [7, 11) is 1.65. The van der Waals surface area contributed by atoms with E-state index in [1.165, 1.54) is 0 Å². The SMILES string of the molecule is Oc1ccc(C2[B]OOC2)cc1. The molecule has 1 unspecified atom stereocenters. The van der Waals surface area contributed by atoms with Crippen LogP contribution in [0.2, 0.25) is 0 Å². The lowest BCUT2D eigenvalue weighted by molar-refractivity contribution is -0.183. The fourth-order valence-corrected chi connectivity index (χ4v) is 1.15. The lowest BCUT2D eigenvalue weighted by Gasteiger charge is -2.03. The molecule has 0 saturated carbocycles. The second-order valence-corrected chi connectivity index (χ2v) is 2.71. The molecule has 1 atom stereocenters. The summed E-state index contributed by atoms with van der Waals surface area (Å²) in [5, 5.41) is 9.03. The van der Waals surface area contributed by atoms with E-state index in [4.69, 9.17) is 9.99 Å². The van der Waals surface area contributed by atoms with E-state index in [2.05, 4.69) is 4.81 Å². The van der Waals surface area contributed by atoms with Crippen molar-refractivity contribution in [2.45, 2.75) is 5.82 Å². The summed E-state index contributed by atoms with van der Waals surface area (Å²) in [6.45, 7) is 0.546. The van der Waals surface area contributed by atoms with E-state index in [9.17, 15) is 0 Å². The van der Waals surface area contributed by atoms with Gasteiger partial charge >= 0.3 is 7.48 Å². The predicted molar refractivity (Wildman–Crippen MR) is 43.6 cm³/mol. The van der Waals surface area contributed by atoms with Gasteiger partial charge in [0.05, 0.1) is 6.61 Å². The zero-order valence-corrected chi connectivity index (χ0v) is 6.43. The number of rotatable bonds is 1. The van der Waals surface area contributed by atoms with Crippen molar-refractivity contribution in [3.05, 3.63) is 29.8 Å². The number of benzene rings is 1. The maximum Gasteiger partial charge on any atom is 0.354 e. The lowest BCUT2D eigenvalue weighted by atomic mass is 9.77. The maximum atomic E-state index is 9.03. The molecule has 0 aliphatic carbocycles. The third-order valence-corrected chi connectivity index (χ3v) is 1.86. The number of hydrogen-bond donors (Lipinski definition) is 1. The number of phenolic OH excluding ortho intramolecular Hbond substituents is 1.